The third-order valence-corrected chi connectivity index (χ3v) is 6.84. The number of piperazine rings is 1. The smallest absolute Gasteiger partial charge is 0.243 e. The van der Waals surface area contributed by atoms with Crippen molar-refractivity contribution in [1.82, 2.24) is 14.5 Å². The van der Waals surface area contributed by atoms with Gasteiger partial charge in [-0.1, -0.05) is 17.7 Å². The van der Waals surface area contributed by atoms with Crippen molar-refractivity contribution >= 4 is 15.9 Å². The minimum absolute atomic E-state index is 0.00961. The summed E-state index contributed by atoms with van der Waals surface area (Å²) < 4.78 is 32.4. The topological polar surface area (TPSA) is 79.0 Å². The molecule has 2 saturated heterocycles. The van der Waals surface area contributed by atoms with Gasteiger partial charge in [-0.15, -0.1) is 0 Å². The number of sulfonamides is 1. The van der Waals surface area contributed by atoms with Gasteiger partial charge in [-0.25, -0.2) is 8.42 Å². The predicted molar refractivity (Wildman–Crippen MR) is 98.4 cm³/mol. The van der Waals surface area contributed by atoms with Crippen LogP contribution in [-0.4, -0.2) is 75.5 Å². The highest BCUT2D eigenvalue weighted by molar-refractivity contribution is 7.89. The number of carbonyl (C=O) groups is 1. The molecule has 0 aliphatic carbocycles. The van der Waals surface area contributed by atoms with Crippen LogP contribution in [0.1, 0.15) is 18.4 Å². The standard InChI is InChI=1S/C18H27N3O4S/c1-15-4-6-17(7-5-15)26(23,24)21-10-8-20(9-11-21)18(22)14-19-13-16-3-2-12-25-16/h4-7,16,19H,2-3,8-14H2,1H3. The van der Waals surface area contributed by atoms with Crippen molar-refractivity contribution < 1.29 is 17.9 Å². The lowest BCUT2D eigenvalue weighted by atomic mass is 10.2. The molecule has 1 amide bonds. The van der Waals surface area contributed by atoms with Gasteiger partial charge in [0.15, 0.2) is 0 Å². The Bertz CT molecular complexity index is 706. The number of hydrogen-bond acceptors (Lipinski definition) is 5. The van der Waals surface area contributed by atoms with E-state index in [1.165, 1.54) is 4.31 Å². The Morgan fingerprint density at radius 1 is 1.19 bits per heavy atom. The molecule has 0 bridgehead atoms. The van der Waals surface area contributed by atoms with Crippen LogP contribution in [0.15, 0.2) is 29.2 Å². The van der Waals surface area contributed by atoms with Gasteiger partial charge >= 0.3 is 0 Å². The van der Waals surface area contributed by atoms with Gasteiger partial charge in [0.1, 0.15) is 0 Å². The van der Waals surface area contributed by atoms with Crippen molar-refractivity contribution in [1.29, 1.82) is 0 Å². The predicted octanol–water partition coefficient (Wildman–Crippen LogP) is 0.597. The molecule has 7 nitrogen and oxygen atoms in total. The zero-order chi connectivity index (χ0) is 18.6. The highest BCUT2D eigenvalue weighted by Gasteiger charge is 2.30. The number of amides is 1. The largest absolute Gasteiger partial charge is 0.377 e. The molecule has 2 aliphatic heterocycles. The molecule has 1 atom stereocenters. The summed E-state index contributed by atoms with van der Waals surface area (Å²) in [5, 5.41) is 3.15. The summed E-state index contributed by atoms with van der Waals surface area (Å²) in [7, 11) is -3.49. The molecule has 1 aromatic carbocycles. The van der Waals surface area contributed by atoms with Crippen LogP contribution in [-0.2, 0) is 19.6 Å². The Morgan fingerprint density at radius 2 is 1.88 bits per heavy atom. The Kier molecular flexibility index (Phi) is 6.29. The van der Waals surface area contributed by atoms with Crippen molar-refractivity contribution in [2.45, 2.75) is 30.8 Å². The molecule has 1 N–H and O–H groups in total. The molecule has 2 fully saturated rings. The van der Waals surface area contributed by atoms with Crippen molar-refractivity contribution in [2.24, 2.45) is 0 Å². The number of nitrogens with one attached hydrogen (secondary N) is 1. The van der Waals surface area contributed by atoms with Gasteiger partial charge in [0, 0.05) is 39.3 Å². The van der Waals surface area contributed by atoms with Crippen LogP contribution in [0.3, 0.4) is 0 Å². The molecule has 1 unspecified atom stereocenters. The molecule has 144 valence electrons. The van der Waals surface area contributed by atoms with Crippen LogP contribution < -0.4 is 5.32 Å². The maximum Gasteiger partial charge on any atom is 0.243 e. The fourth-order valence-corrected chi connectivity index (χ4v) is 4.72. The van der Waals surface area contributed by atoms with E-state index in [1.807, 2.05) is 6.92 Å². The van der Waals surface area contributed by atoms with E-state index in [0.717, 1.165) is 25.0 Å². The highest BCUT2D eigenvalue weighted by atomic mass is 32.2. The zero-order valence-electron chi connectivity index (χ0n) is 15.2. The minimum atomic E-state index is -3.49. The molecule has 2 heterocycles. The molecular formula is C18H27N3O4S. The Balaban J connectivity index is 1.47. The van der Waals surface area contributed by atoms with Crippen LogP contribution in [0.5, 0.6) is 0 Å². The van der Waals surface area contributed by atoms with E-state index in [-0.39, 0.29) is 18.6 Å². The summed E-state index contributed by atoms with van der Waals surface area (Å²) in [6.07, 6.45) is 2.33. The number of aryl methyl sites for hydroxylation is 1. The van der Waals surface area contributed by atoms with Gasteiger partial charge in [-0.05, 0) is 31.9 Å². The van der Waals surface area contributed by atoms with Crippen molar-refractivity contribution in [2.75, 3.05) is 45.9 Å². The summed E-state index contributed by atoms with van der Waals surface area (Å²) >= 11 is 0. The molecule has 0 aromatic heterocycles. The van der Waals surface area contributed by atoms with E-state index >= 15 is 0 Å². The van der Waals surface area contributed by atoms with E-state index in [9.17, 15) is 13.2 Å². The van der Waals surface area contributed by atoms with Gasteiger partial charge in [-0.2, -0.15) is 4.31 Å². The maximum atomic E-state index is 12.7. The first-order valence-electron chi connectivity index (χ1n) is 9.14. The average Bonchev–Trinajstić information content (AvgIpc) is 3.15. The third-order valence-electron chi connectivity index (χ3n) is 4.92. The van der Waals surface area contributed by atoms with E-state index in [4.69, 9.17) is 4.74 Å². The number of nitrogens with zero attached hydrogens (tertiary/aromatic N) is 2. The van der Waals surface area contributed by atoms with Crippen LogP contribution >= 0.6 is 0 Å². The Hall–Kier alpha value is -1.48. The molecular weight excluding hydrogens is 354 g/mol. The second kappa shape index (κ2) is 8.47. The molecule has 26 heavy (non-hydrogen) atoms. The van der Waals surface area contributed by atoms with Crippen LogP contribution in [0.4, 0.5) is 0 Å². The van der Waals surface area contributed by atoms with Crippen molar-refractivity contribution in [3.63, 3.8) is 0 Å². The number of rotatable bonds is 6. The number of ether oxygens (including phenoxy) is 1. The van der Waals surface area contributed by atoms with Crippen molar-refractivity contribution in [3.05, 3.63) is 29.8 Å². The summed E-state index contributed by atoms with van der Waals surface area (Å²) in [4.78, 5) is 14.3. The fraction of sp³-hybridized carbons (Fsp3) is 0.611. The first kappa shape index (κ1) is 19.3. The number of carbonyl (C=O) groups excluding carboxylic acids is 1. The van der Waals surface area contributed by atoms with Gasteiger partial charge in [0.2, 0.25) is 15.9 Å². The average molecular weight is 381 g/mol. The van der Waals surface area contributed by atoms with Gasteiger partial charge in [0.25, 0.3) is 0 Å². The van der Waals surface area contributed by atoms with Crippen LogP contribution in [0.2, 0.25) is 0 Å². The quantitative estimate of drug-likeness (QED) is 0.781. The maximum absolute atomic E-state index is 12.7. The molecule has 0 spiro atoms. The number of hydrogen-bond donors (Lipinski definition) is 1. The van der Waals surface area contributed by atoms with Gasteiger partial charge < -0.3 is 15.0 Å². The molecule has 1 aromatic rings. The molecule has 0 saturated carbocycles. The van der Waals surface area contributed by atoms with Gasteiger partial charge in [-0.3, -0.25) is 4.79 Å². The monoisotopic (exact) mass is 381 g/mol. The van der Waals surface area contributed by atoms with Crippen LogP contribution in [0.25, 0.3) is 0 Å². The van der Waals surface area contributed by atoms with Crippen LogP contribution in [0, 0.1) is 6.92 Å². The first-order valence-corrected chi connectivity index (χ1v) is 10.6. The SMILES string of the molecule is Cc1ccc(S(=O)(=O)N2CCN(C(=O)CNCC3CCCO3)CC2)cc1. The van der Waals surface area contributed by atoms with E-state index in [2.05, 4.69) is 5.32 Å². The van der Waals surface area contributed by atoms with Crippen molar-refractivity contribution in [3.8, 4) is 0 Å². The molecule has 0 radical (unpaired) electrons. The Labute approximate surface area is 155 Å². The van der Waals surface area contributed by atoms with Gasteiger partial charge in [0.05, 0.1) is 17.5 Å². The molecule has 2 aliphatic rings. The zero-order valence-corrected chi connectivity index (χ0v) is 16.0. The summed E-state index contributed by atoms with van der Waals surface area (Å²) in [5.41, 5.74) is 1.02. The molecule has 3 rings (SSSR count). The first-order chi connectivity index (χ1) is 12.5. The molecule has 8 heteroatoms. The normalized spacial score (nSPS) is 21.9. The highest BCUT2D eigenvalue weighted by Crippen LogP contribution is 2.18. The summed E-state index contributed by atoms with van der Waals surface area (Å²) in [5.74, 6) is 0.00961. The Morgan fingerprint density at radius 3 is 2.50 bits per heavy atom. The van der Waals surface area contributed by atoms with E-state index in [0.29, 0.717) is 37.6 Å². The third kappa shape index (κ3) is 4.62. The lowest BCUT2D eigenvalue weighted by molar-refractivity contribution is -0.131. The lowest BCUT2D eigenvalue weighted by Crippen LogP contribution is -2.52. The minimum Gasteiger partial charge on any atom is -0.377 e. The second-order valence-electron chi connectivity index (χ2n) is 6.86. The van der Waals surface area contributed by atoms with E-state index in [1.54, 1.807) is 29.2 Å². The second-order valence-corrected chi connectivity index (χ2v) is 8.80. The van der Waals surface area contributed by atoms with E-state index < -0.39 is 10.0 Å². The fourth-order valence-electron chi connectivity index (χ4n) is 3.29. The lowest BCUT2D eigenvalue weighted by Gasteiger charge is -2.34. The summed E-state index contributed by atoms with van der Waals surface area (Å²) in [6.45, 7) is 5.18. The number of benzene rings is 1. The summed E-state index contributed by atoms with van der Waals surface area (Å²) in [6, 6.07) is 6.87.